The van der Waals surface area contributed by atoms with Crippen LogP contribution in [-0.4, -0.2) is 13.2 Å². The van der Waals surface area contributed by atoms with Gasteiger partial charge in [0.05, 0.1) is 0 Å². The monoisotopic (exact) mass is 234 g/mol. The lowest BCUT2D eigenvalue weighted by atomic mass is 9.76. The van der Waals surface area contributed by atoms with Crippen LogP contribution in [0.3, 0.4) is 0 Å². The average Bonchev–Trinajstić information content (AvgIpc) is 2.42. The highest BCUT2D eigenvalue weighted by atomic mass is 16.5. The smallest absolute Gasteiger partial charge is 0.0474 e. The molecule has 0 radical (unpaired) electrons. The second kappa shape index (κ2) is 6.80. The third-order valence-corrected chi connectivity index (χ3v) is 3.66. The predicted octanol–water partition coefficient (Wildman–Crippen LogP) is 4.34. The normalized spacial score (nSPS) is 18.1. The lowest BCUT2D eigenvalue weighted by Crippen LogP contribution is -2.30. The van der Waals surface area contributed by atoms with Crippen molar-refractivity contribution in [2.75, 3.05) is 13.2 Å². The van der Waals surface area contributed by atoms with Crippen LogP contribution in [0.15, 0.2) is 24.3 Å². The molecule has 2 rings (SSSR count). The number of ether oxygens (including phenoxy) is 1. The lowest BCUT2D eigenvalue weighted by Gasteiger charge is -2.34. The Morgan fingerprint density at radius 3 is 2.06 bits per heavy atom. The van der Waals surface area contributed by atoms with E-state index in [9.17, 15) is 0 Å². The van der Waals surface area contributed by atoms with Crippen LogP contribution in [0.2, 0.25) is 0 Å². The molecule has 96 valence electrons. The van der Waals surface area contributed by atoms with Crippen LogP contribution in [0.25, 0.3) is 0 Å². The molecule has 0 amide bonds. The molecule has 0 bridgehead atoms. The summed E-state index contributed by atoms with van der Waals surface area (Å²) in [5.41, 5.74) is 3.24. The SMILES string of the molecule is CC.CCc1ccc(C2(C)CCOCC2)cc1. The number of hydrogen-bond donors (Lipinski definition) is 0. The van der Waals surface area contributed by atoms with Crippen molar-refractivity contribution in [2.45, 2.75) is 52.4 Å². The maximum Gasteiger partial charge on any atom is 0.0474 e. The van der Waals surface area contributed by atoms with Gasteiger partial charge in [0, 0.05) is 13.2 Å². The van der Waals surface area contributed by atoms with Crippen LogP contribution in [0.4, 0.5) is 0 Å². The minimum absolute atomic E-state index is 0.338. The molecule has 0 aromatic heterocycles. The van der Waals surface area contributed by atoms with Crippen molar-refractivity contribution in [2.24, 2.45) is 0 Å². The van der Waals surface area contributed by atoms with Crippen molar-refractivity contribution in [1.82, 2.24) is 0 Å². The summed E-state index contributed by atoms with van der Waals surface area (Å²) >= 11 is 0. The molecule has 1 heteroatoms. The van der Waals surface area contributed by atoms with Gasteiger partial charge < -0.3 is 4.74 Å². The zero-order chi connectivity index (χ0) is 12.7. The van der Waals surface area contributed by atoms with Crippen molar-refractivity contribution in [1.29, 1.82) is 0 Å². The highest BCUT2D eigenvalue weighted by molar-refractivity contribution is 5.29. The first-order valence-electron chi connectivity index (χ1n) is 6.92. The third-order valence-electron chi connectivity index (χ3n) is 3.66. The fourth-order valence-corrected chi connectivity index (χ4v) is 2.25. The Labute approximate surface area is 106 Å². The topological polar surface area (TPSA) is 9.23 Å². The maximum atomic E-state index is 5.43. The number of aryl methyl sites for hydroxylation is 1. The zero-order valence-electron chi connectivity index (χ0n) is 11.8. The Balaban J connectivity index is 0.000000686. The average molecular weight is 234 g/mol. The van der Waals surface area contributed by atoms with Crippen molar-refractivity contribution < 1.29 is 4.74 Å². The molecular formula is C16H26O. The summed E-state index contributed by atoms with van der Waals surface area (Å²) in [7, 11) is 0. The minimum atomic E-state index is 0.338. The van der Waals surface area contributed by atoms with E-state index < -0.39 is 0 Å². The van der Waals surface area contributed by atoms with Gasteiger partial charge in [-0.25, -0.2) is 0 Å². The summed E-state index contributed by atoms with van der Waals surface area (Å²) in [6.07, 6.45) is 3.43. The summed E-state index contributed by atoms with van der Waals surface area (Å²) in [4.78, 5) is 0. The molecule has 1 heterocycles. The Kier molecular flexibility index (Phi) is 5.70. The number of rotatable bonds is 2. The van der Waals surface area contributed by atoms with Gasteiger partial charge in [0.1, 0.15) is 0 Å². The Morgan fingerprint density at radius 1 is 1.06 bits per heavy atom. The van der Waals surface area contributed by atoms with Crippen LogP contribution >= 0.6 is 0 Å². The molecule has 1 aromatic carbocycles. The van der Waals surface area contributed by atoms with Crippen LogP contribution in [0.1, 0.15) is 51.7 Å². The molecule has 1 aliphatic heterocycles. The standard InChI is InChI=1S/C14H20O.C2H6/c1-3-12-4-6-13(7-5-12)14(2)8-10-15-11-9-14;1-2/h4-7H,3,8-11H2,1-2H3;1-2H3. The van der Waals surface area contributed by atoms with Crippen LogP contribution in [0.5, 0.6) is 0 Å². The van der Waals surface area contributed by atoms with Gasteiger partial charge in [0.25, 0.3) is 0 Å². The molecule has 1 fully saturated rings. The molecule has 0 spiro atoms. The first-order chi connectivity index (χ1) is 8.24. The van der Waals surface area contributed by atoms with Gasteiger partial charge in [0.15, 0.2) is 0 Å². The van der Waals surface area contributed by atoms with Gasteiger partial charge in [-0.3, -0.25) is 0 Å². The molecule has 17 heavy (non-hydrogen) atoms. The minimum Gasteiger partial charge on any atom is -0.381 e. The zero-order valence-corrected chi connectivity index (χ0v) is 11.8. The number of hydrogen-bond acceptors (Lipinski definition) is 1. The largest absolute Gasteiger partial charge is 0.381 e. The molecular weight excluding hydrogens is 208 g/mol. The summed E-state index contributed by atoms with van der Waals surface area (Å²) in [6, 6.07) is 9.11. The molecule has 1 aliphatic rings. The van der Waals surface area contributed by atoms with Crippen molar-refractivity contribution >= 4 is 0 Å². The summed E-state index contributed by atoms with van der Waals surface area (Å²) in [5, 5.41) is 0. The predicted molar refractivity (Wildman–Crippen MR) is 74.6 cm³/mol. The van der Waals surface area contributed by atoms with E-state index >= 15 is 0 Å². The van der Waals surface area contributed by atoms with E-state index in [0.29, 0.717) is 5.41 Å². The molecule has 1 aromatic rings. The molecule has 0 atom stereocenters. The van der Waals surface area contributed by atoms with E-state index in [-0.39, 0.29) is 0 Å². The molecule has 0 unspecified atom stereocenters. The van der Waals surface area contributed by atoms with Crippen molar-refractivity contribution in [3.05, 3.63) is 35.4 Å². The summed E-state index contributed by atoms with van der Waals surface area (Å²) in [6.45, 7) is 10.4. The molecule has 0 saturated carbocycles. The summed E-state index contributed by atoms with van der Waals surface area (Å²) < 4.78 is 5.43. The number of benzene rings is 1. The summed E-state index contributed by atoms with van der Waals surface area (Å²) in [5.74, 6) is 0. The van der Waals surface area contributed by atoms with Crippen molar-refractivity contribution in [3.63, 3.8) is 0 Å². The second-order valence-corrected chi connectivity index (χ2v) is 4.72. The highest BCUT2D eigenvalue weighted by Crippen LogP contribution is 2.34. The van der Waals surface area contributed by atoms with Crippen LogP contribution in [0, 0.1) is 0 Å². The lowest BCUT2D eigenvalue weighted by molar-refractivity contribution is 0.0564. The molecule has 1 nitrogen and oxygen atoms in total. The Hall–Kier alpha value is -0.820. The van der Waals surface area contributed by atoms with Crippen LogP contribution in [-0.2, 0) is 16.6 Å². The first kappa shape index (κ1) is 14.2. The maximum absolute atomic E-state index is 5.43. The van der Waals surface area contributed by atoms with Gasteiger partial charge in [-0.05, 0) is 35.8 Å². The van der Waals surface area contributed by atoms with Crippen molar-refractivity contribution in [3.8, 4) is 0 Å². The van der Waals surface area contributed by atoms with Crippen LogP contribution < -0.4 is 0 Å². The van der Waals surface area contributed by atoms with Gasteiger partial charge >= 0.3 is 0 Å². The van der Waals surface area contributed by atoms with E-state index in [2.05, 4.69) is 38.1 Å². The fourth-order valence-electron chi connectivity index (χ4n) is 2.25. The third kappa shape index (κ3) is 3.57. The van der Waals surface area contributed by atoms with E-state index in [4.69, 9.17) is 4.74 Å². The Bertz CT molecular complexity index is 307. The van der Waals surface area contributed by atoms with E-state index in [0.717, 1.165) is 32.5 Å². The molecule has 1 saturated heterocycles. The van der Waals surface area contributed by atoms with E-state index in [1.165, 1.54) is 11.1 Å². The highest BCUT2D eigenvalue weighted by Gasteiger charge is 2.28. The van der Waals surface area contributed by atoms with Gasteiger partial charge in [-0.1, -0.05) is 52.0 Å². The van der Waals surface area contributed by atoms with Gasteiger partial charge in [-0.15, -0.1) is 0 Å². The van der Waals surface area contributed by atoms with Gasteiger partial charge in [-0.2, -0.15) is 0 Å². The fraction of sp³-hybridized carbons (Fsp3) is 0.625. The second-order valence-electron chi connectivity index (χ2n) is 4.72. The quantitative estimate of drug-likeness (QED) is 0.739. The Morgan fingerprint density at radius 2 is 1.59 bits per heavy atom. The van der Waals surface area contributed by atoms with Gasteiger partial charge in [0.2, 0.25) is 0 Å². The first-order valence-corrected chi connectivity index (χ1v) is 6.92. The molecule has 0 aliphatic carbocycles. The molecule has 0 N–H and O–H groups in total. The van der Waals surface area contributed by atoms with E-state index in [1.807, 2.05) is 13.8 Å². The van der Waals surface area contributed by atoms with E-state index in [1.54, 1.807) is 0 Å².